The Morgan fingerprint density at radius 1 is 0.826 bits per heavy atom. The number of rotatable bonds is 8. The third kappa shape index (κ3) is 8.33. The van der Waals surface area contributed by atoms with E-state index < -0.39 is 12.2 Å². The van der Waals surface area contributed by atoms with Gasteiger partial charge >= 0.3 is 0 Å². The van der Waals surface area contributed by atoms with Gasteiger partial charge in [-0.3, -0.25) is 28.3 Å². The van der Waals surface area contributed by atoms with Crippen LogP contribution in [-0.2, 0) is 22.7 Å². The molecule has 0 unspecified atom stereocenters. The number of nitrogens with one attached hydrogen (secondary N) is 2. The summed E-state index contributed by atoms with van der Waals surface area (Å²) >= 11 is 9.33. The van der Waals surface area contributed by atoms with Gasteiger partial charge in [0.25, 0.3) is 11.1 Å². The lowest BCUT2D eigenvalue weighted by molar-refractivity contribution is -0.121. The Kier molecular flexibility index (Phi) is 11.5. The Balaban J connectivity index is 0.000000182. The van der Waals surface area contributed by atoms with E-state index in [2.05, 4.69) is 36.5 Å². The van der Waals surface area contributed by atoms with Crippen molar-refractivity contribution in [3.63, 3.8) is 0 Å². The Labute approximate surface area is 277 Å². The third-order valence-corrected chi connectivity index (χ3v) is 9.48. The monoisotopic (exact) mass is 714 g/mol. The highest BCUT2D eigenvalue weighted by Crippen LogP contribution is 2.25. The molecule has 2 aliphatic rings. The summed E-state index contributed by atoms with van der Waals surface area (Å²) in [5, 5.41) is 27.4. The molecule has 12 nitrogen and oxygen atoms in total. The molecule has 0 radical (unpaired) electrons. The van der Waals surface area contributed by atoms with E-state index in [0.717, 1.165) is 25.9 Å². The fourth-order valence-corrected chi connectivity index (χ4v) is 6.27. The summed E-state index contributed by atoms with van der Waals surface area (Å²) < 4.78 is 3.28. The molecule has 0 amide bonds. The van der Waals surface area contributed by atoms with Gasteiger partial charge in [0.15, 0.2) is 11.6 Å². The highest BCUT2D eigenvalue weighted by atomic mass is 79.9. The van der Waals surface area contributed by atoms with Crippen molar-refractivity contribution < 1.29 is 19.8 Å². The smallest absolute Gasteiger partial charge is 0.261 e. The summed E-state index contributed by atoms with van der Waals surface area (Å²) in [5.41, 5.74) is 0.626. The number of para-hydroxylation sites is 1. The molecule has 4 N–H and O–H groups in total. The molecule has 46 heavy (non-hydrogen) atoms. The van der Waals surface area contributed by atoms with E-state index in [4.69, 9.17) is 11.6 Å². The van der Waals surface area contributed by atoms with Crippen LogP contribution in [0.3, 0.4) is 0 Å². The first-order valence-corrected chi connectivity index (χ1v) is 16.4. The summed E-state index contributed by atoms with van der Waals surface area (Å²) in [6, 6.07) is 9.83. The maximum Gasteiger partial charge on any atom is 0.261 e. The van der Waals surface area contributed by atoms with Gasteiger partial charge in [0, 0.05) is 29.4 Å². The van der Waals surface area contributed by atoms with Gasteiger partial charge in [0.2, 0.25) is 0 Å². The van der Waals surface area contributed by atoms with Gasteiger partial charge < -0.3 is 20.8 Å². The summed E-state index contributed by atoms with van der Waals surface area (Å²) in [6.07, 6.45) is 5.39. The van der Waals surface area contributed by atoms with Crippen LogP contribution in [0.5, 0.6) is 0 Å². The maximum absolute atomic E-state index is 12.5. The number of Topliss-reactive ketones (excluding diaryl/α,β-unsaturated/α-hetero) is 2. The number of aliphatic hydroxyl groups is 2. The van der Waals surface area contributed by atoms with Gasteiger partial charge in [-0.15, -0.1) is 0 Å². The second-order valence-electron chi connectivity index (χ2n) is 11.7. The predicted molar refractivity (Wildman–Crippen MR) is 178 cm³/mol. The van der Waals surface area contributed by atoms with Crippen LogP contribution in [0.1, 0.15) is 38.5 Å². The van der Waals surface area contributed by atoms with Crippen molar-refractivity contribution in [2.24, 2.45) is 0 Å². The number of aliphatic hydroxyl groups excluding tert-OH is 2. The van der Waals surface area contributed by atoms with E-state index in [1.54, 1.807) is 30.3 Å². The Morgan fingerprint density at radius 2 is 1.35 bits per heavy atom. The van der Waals surface area contributed by atoms with E-state index in [1.807, 2.05) is 6.07 Å². The van der Waals surface area contributed by atoms with Gasteiger partial charge in [-0.2, -0.15) is 0 Å². The number of hydrogen-bond acceptors (Lipinski definition) is 10. The molecular formula is C32H36BrClN6O6. The lowest BCUT2D eigenvalue weighted by atomic mass is 9.97. The molecule has 4 heterocycles. The molecule has 0 bridgehead atoms. The molecule has 2 aromatic heterocycles. The number of hydrogen-bond donors (Lipinski definition) is 4. The van der Waals surface area contributed by atoms with E-state index >= 15 is 0 Å². The van der Waals surface area contributed by atoms with Gasteiger partial charge in [-0.1, -0.05) is 23.7 Å². The fourth-order valence-electron chi connectivity index (χ4n) is 5.77. The van der Waals surface area contributed by atoms with Gasteiger partial charge in [0.1, 0.15) is 0 Å². The molecule has 14 heteroatoms. The van der Waals surface area contributed by atoms with E-state index in [9.17, 15) is 29.4 Å². The summed E-state index contributed by atoms with van der Waals surface area (Å²) in [7, 11) is 0. The number of fused-ring (bicyclic) bond motifs is 2. The normalized spacial score (nSPS) is 21.5. The second kappa shape index (κ2) is 15.5. The molecule has 4 aromatic rings. The molecule has 0 saturated carbocycles. The van der Waals surface area contributed by atoms with Crippen LogP contribution in [0.2, 0.25) is 5.02 Å². The number of benzene rings is 2. The van der Waals surface area contributed by atoms with E-state index in [-0.39, 0.29) is 60.7 Å². The van der Waals surface area contributed by atoms with Crippen LogP contribution in [0, 0.1) is 0 Å². The van der Waals surface area contributed by atoms with Gasteiger partial charge in [0.05, 0.1) is 64.8 Å². The van der Waals surface area contributed by atoms with Crippen molar-refractivity contribution >= 4 is 60.9 Å². The van der Waals surface area contributed by atoms with Crippen molar-refractivity contribution in [2.45, 2.75) is 75.9 Å². The molecule has 0 aliphatic carbocycles. The molecule has 2 aliphatic heterocycles. The largest absolute Gasteiger partial charge is 0.391 e. The summed E-state index contributed by atoms with van der Waals surface area (Å²) in [4.78, 5) is 57.7. The van der Waals surface area contributed by atoms with Crippen molar-refractivity contribution in [2.75, 3.05) is 13.1 Å². The number of piperidine rings is 2. The molecular weight excluding hydrogens is 680 g/mol. The van der Waals surface area contributed by atoms with Crippen molar-refractivity contribution in [1.29, 1.82) is 0 Å². The zero-order valence-corrected chi connectivity index (χ0v) is 27.4. The van der Waals surface area contributed by atoms with E-state index in [0.29, 0.717) is 44.1 Å². The first-order valence-electron chi connectivity index (χ1n) is 15.3. The standard InChI is InChI=1S/C16H17BrClN3O3.C16H19N3O3/c17-11-6-13-10(5-12(11)18)16(24)21(8-20-13)7-9(22)4-14-15(23)2-1-3-19-14;20-11(8-14-15(21)6-3-7-17-14)9-19-10-18-13-5-2-1-4-12(13)16(19)22/h5-6,8,14-15,19,23H,1-4,7H2;1-2,4-5,10,14-15,17,21H,3,6-9H2/t2*14-,15+/m11/s1. The van der Waals surface area contributed by atoms with Crippen LogP contribution in [-0.4, -0.2) is 78.3 Å². The Hall–Kier alpha value is -3.33. The number of nitrogens with zero attached hydrogens (tertiary/aromatic N) is 4. The minimum atomic E-state index is -0.523. The number of carbonyl (C=O) groups is 2. The zero-order valence-electron chi connectivity index (χ0n) is 25.1. The topological polar surface area (TPSA) is 168 Å². The van der Waals surface area contributed by atoms with Crippen molar-refractivity contribution in [1.82, 2.24) is 29.7 Å². The summed E-state index contributed by atoms with van der Waals surface area (Å²) in [6.45, 7) is 1.52. The van der Waals surface area contributed by atoms with Crippen LogP contribution in [0.4, 0.5) is 0 Å². The molecule has 0 spiro atoms. The lowest BCUT2D eigenvalue weighted by Gasteiger charge is -2.28. The fraction of sp³-hybridized carbons (Fsp3) is 0.438. The molecule has 6 rings (SSSR count). The average molecular weight is 716 g/mol. The maximum atomic E-state index is 12.5. The minimum Gasteiger partial charge on any atom is -0.391 e. The van der Waals surface area contributed by atoms with Crippen LogP contribution < -0.4 is 21.8 Å². The molecule has 2 fully saturated rings. The Morgan fingerprint density at radius 3 is 1.91 bits per heavy atom. The number of halogens is 2. The second-order valence-corrected chi connectivity index (χ2v) is 12.9. The SMILES string of the molecule is O=C(C[C@H]1NCCC[C@@H]1O)Cn1cnc2cc(Br)c(Cl)cc2c1=O.O=C(C[C@H]1NCCC[C@@H]1O)Cn1cnc2ccccc2c1=O. The van der Waals surface area contributed by atoms with Crippen LogP contribution in [0.25, 0.3) is 21.8 Å². The van der Waals surface area contributed by atoms with Crippen LogP contribution in [0.15, 0.2) is 63.1 Å². The van der Waals surface area contributed by atoms with Crippen LogP contribution >= 0.6 is 27.5 Å². The average Bonchev–Trinajstić information content (AvgIpc) is 3.04. The first-order chi connectivity index (χ1) is 22.1. The lowest BCUT2D eigenvalue weighted by Crippen LogP contribution is -2.46. The van der Waals surface area contributed by atoms with E-state index in [1.165, 1.54) is 21.8 Å². The summed E-state index contributed by atoms with van der Waals surface area (Å²) in [5.74, 6) is -0.211. The third-order valence-electron chi connectivity index (χ3n) is 8.28. The molecule has 244 valence electrons. The van der Waals surface area contributed by atoms with Gasteiger partial charge in [-0.05, 0) is 79.0 Å². The predicted octanol–water partition coefficient (Wildman–Crippen LogP) is 2.35. The quantitative estimate of drug-likeness (QED) is 0.213. The van der Waals surface area contributed by atoms with Crippen molar-refractivity contribution in [3.8, 4) is 0 Å². The van der Waals surface area contributed by atoms with Crippen molar-refractivity contribution in [3.05, 3.63) is 79.3 Å². The number of ketones is 2. The van der Waals surface area contributed by atoms with Gasteiger partial charge in [-0.25, -0.2) is 9.97 Å². The molecule has 4 atom stereocenters. The number of carbonyl (C=O) groups excluding carboxylic acids is 2. The first kappa shape index (κ1) is 34.0. The highest BCUT2D eigenvalue weighted by Gasteiger charge is 2.26. The molecule has 2 aromatic carbocycles. The minimum absolute atomic E-state index is 0.0123. The molecule has 2 saturated heterocycles. The zero-order chi connectivity index (χ0) is 32.8. The number of aromatic nitrogens is 4. The highest BCUT2D eigenvalue weighted by molar-refractivity contribution is 9.10. The Bertz CT molecular complexity index is 1850.